The lowest BCUT2D eigenvalue weighted by molar-refractivity contribution is -0.318. The number of esters is 3. The molecule has 3 amide bonds. The van der Waals surface area contributed by atoms with Gasteiger partial charge in [-0.25, -0.2) is 19.2 Å². The number of benzene rings is 5. The fraction of sp³-hybridized carbons (Fsp3) is 0.381. The molecule has 11 atom stereocenters. The standard InChI is InChI=1S/C63H66Cl3N3O19/c1-5-29-77-58(73)48(67-60(74)81-33-42-23-13-8-14-24-42)30-50(72)68-57-51(69-61(75)83-36-63(64,65)66)54(78-31-40-19-9-6-10-20-40)53(88-62(76)82-34-47-45-27-17-15-25-43(45)44-26-16-18-28-46(44)47)49(87-57)35-80-59-56(79-32-41-21-11-7-12-22-41)55(86-39(4)71)52(37(2)84-59)85-38(3)70/h5-28,37,47-49,51-57,59H,1,29-36H2,2-4H3,(H,67,74)(H,68,72)(H,69,75)/t37?,48-,49?,51?,52-,53+,54?,55?,56?,57+,59-/m0/s1. The van der Waals surface area contributed by atoms with E-state index in [1.165, 1.54) is 13.0 Å². The van der Waals surface area contributed by atoms with Crippen molar-refractivity contribution in [3.05, 3.63) is 180 Å². The first-order valence-electron chi connectivity index (χ1n) is 28.0. The van der Waals surface area contributed by atoms with Crippen molar-refractivity contribution in [2.75, 3.05) is 26.4 Å². The number of rotatable bonds is 25. The summed E-state index contributed by atoms with van der Waals surface area (Å²) in [5.41, 5.74) is 5.61. The lowest BCUT2D eigenvalue weighted by Gasteiger charge is -2.47. The van der Waals surface area contributed by atoms with Crippen molar-refractivity contribution in [3.63, 3.8) is 0 Å². The van der Waals surface area contributed by atoms with Gasteiger partial charge in [0.1, 0.15) is 56.8 Å². The Morgan fingerprint density at radius 2 is 1.12 bits per heavy atom. The van der Waals surface area contributed by atoms with E-state index in [9.17, 15) is 33.6 Å². The number of alkyl carbamates (subject to hydrolysis) is 2. The molecule has 0 saturated carbocycles. The van der Waals surface area contributed by atoms with E-state index >= 15 is 0 Å². The number of hydrogen-bond donors (Lipinski definition) is 3. The summed E-state index contributed by atoms with van der Waals surface area (Å²) in [5, 5.41) is 7.68. The minimum Gasteiger partial charge on any atom is -0.460 e. The van der Waals surface area contributed by atoms with Gasteiger partial charge in [0.15, 0.2) is 30.8 Å². The normalized spacial score (nSPS) is 22.4. The summed E-state index contributed by atoms with van der Waals surface area (Å²) in [6.07, 6.45) is -16.1. The summed E-state index contributed by atoms with van der Waals surface area (Å²) >= 11 is 18.0. The molecule has 0 radical (unpaired) electrons. The van der Waals surface area contributed by atoms with Crippen molar-refractivity contribution in [2.45, 2.75) is 124 Å². The van der Waals surface area contributed by atoms with Gasteiger partial charge in [0.2, 0.25) is 9.70 Å². The first kappa shape index (κ1) is 66.2. The lowest BCUT2D eigenvalue weighted by atomic mass is 9.94. The third-order valence-electron chi connectivity index (χ3n) is 14.1. The van der Waals surface area contributed by atoms with Gasteiger partial charge in [-0.1, -0.05) is 187 Å². The number of amides is 3. The van der Waals surface area contributed by atoms with Crippen LogP contribution in [0.25, 0.3) is 11.1 Å². The minimum atomic E-state index is -2.10. The Balaban J connectivity index is 1.16. The smallest absolute Gasteiger partial charge is 0.460 e. The third kappa shape index (κ3) is 18.9. The molecule has 2 aliphatic heterocycles. The highest BCUT2D eigenvalue weighted by Gasteiger charge is 2.54. The van der Waals surface area contributed by atoms with Crippen LogP contribution in [0.15, 0.2) is 152 Å². The maximum absolute atomic E-state index is 14.6. The average molecular weight is 1280 g/mol. The van der Waals surface area contributed by atoms with Gasteiger partial charge in [0, 0.05) is 19.8 Å². The molecule has 5 aromatic rings. The molecule has 2 fully saturated rings. The fourth-order valence-electron chi connectivity index (χ4n) is 10.2. The second-order valence-corrected chi connectivity index (χ2v) is 23.0. The minimum absolute atomic E-state index is 0.0892. The first-order valence-corrected chi connectivity index (χ1v) is 29.1. The number of carbonyl (C=O) groups excluding carboxylic acids is 7. The van der Waals surface area contributed by atoms with Gasteiger partial charge in [-0.3, -0.25) is 14.4 Å². The molecule has 0 bridgehead atoms. The van der Waals surface area contributed by atoms with Crippen molar-refractivity contribution >= 4 is 77.0 Å². The van der Waals surface area contributed by atoms with Crippen LogP contribution in [-0.4, -0.2) is 140 Å². The molecule has 3 N–H and O–H groups in total. The molecule has 5 aromatic carbocycles. The Kier molecular flexibility index (Phi) is 24.0. The van der Waals surface area contributed by atoms with Crippen molar-refractivity contribution in [3.8, 4) is 11.1 Å². The van der Waals surface area contributed by atoms with Crippen LogP contribution >= 0.6 is 34.8 Å². The van der Waals surface area contributed by atoms with Crippen LogP contribution in [0.2, 0.25) is 0 Å². The number of alkyl halides is 3. The maximum Gasteiger partial charge on any atom is 0.508 e. The predicted octanol–water partition coefficient (Wildman–Crippen LogP) is 8.84. The molecule has 0 spiro atoms. The number of hydrogen-bond acceptors (Lipinski definition) is 19. The van der Waals surface area contributed by atoms with Crippen LogP contribution in [0, 0.1) is 0 Å². The van der Waals surface area contributed by atoms with Gasteiger partial charge in [-0.2, -0.15) is 0 Å². The van der Waals surface area contributed by atoms with E-state index in [1.807, 2.05) is 54.6 Å². The average Bonchev–Trinajstić information content (AvgIpc) is 2.43. The van der Waals surface area contributed by atoms with Gasteiger partial charge < -0.3 is 72.8 Å². The molecular formula is C63H66Cl3N3O19. The highest BCUT2D eigenvalue weighted by atomic mass is 35.6. The zero-order valence-corrected chi connectivity index (χ0v) is 50.3. The highest BCUT2D eigenvalue weighted by molar-refractivity contribution is 6.67. The molecule has 2 saturated heterocycles. The van der Waals surface area contributed by atoms with Crippen LogP contribution in [0.3, 0.4) is 0 Å². The Hall–Kier alpha value is -7.80. The van der Waals surface area contributed by atoms with E-state index in [0.29, 0.717) is 16.7 Å². The Bertz CT molecular complexity index is 3130. The quantitative estimate of drug-likeness (QED) is 0.0213. The number of nitrogens with one attached hydrogen (secondary N) is 3. The van der Waals surface area contributed by atoms with Gasteiger partial charge in [0.05, 0.1) is 32.3 Å². The Morgan fingerprint density at radius 1 is 0.580 bits per heavy atom. The summed E-state index contributed by atoms with van der Waals surface area (Å²) in [6, 6.07) is 38.4. The van der Waals surface area contributed by atoms with E-state index in [0.717, 1.165) is 29.2 Å². The number of fused-ring (bicyclic) bond motifs is 3. The van der Waals surface area contributed by atoms with Crippen molar-refractivity contribution < 1.29 is 90.4 Å². The SMILES string of the molecule is C=CCOC(=O)[C@H](CC(=O)N[C@@H]1OC(CO[C@H]2OC(C)[C@H](OC(C)=O)C(OC(C)=O)C2OCc2ccccc2)[C@@H](OC(=O)OCC2c3ccccc3-c3ccccc32)C(OCc2ccccc2)C1NC(=O)OCC(Cl)(Cl)Cl)NC(=O)OCc1ccccc1. The fourth-order valence-corrected chi connectivity index (χ4v) is 10.4. The molecule has 8 rings (SSSR count). The summed E-state index contributed by atoms with van der Waals surface area (Å²) in [4.78, 5) is 95.4. The number of ether oxygens (including phenoxy) is 12. The van der Waals surface area contributed by atoms with E-state index < -0.39 is 139 Å². The van der Waals surface area contributed by atoms with E-state index in [1.54, 1.807) is 91.9 Å². The van der Waals surface area contributed by atoms with Crippen molar-refractivity contribution in [1.29, 1.82) is 0 Å². The van der Waals surface area contributed by atoms with E-state index in [-0.39, 0.29) is 33.0 Å². The van der Waals surface area contributed by atoms with E-state index in [4.69, 9.17) is 91.6 Å². The first-order chi connectivity index (χ1) is 42.3. The largest absolute Gasteiger partial charge is 0.508 e. The molecule has 6 unspecified atom stereocenters. The highest BCUT2D eigenvalue weighted by Crippen LogP contribution is 2.45. The van der Waals surface area contributed by atoms with Crippen LogP contribution in [0.5, 0.6) is 0 Å². The topological polar surface area (TPSA) is 266 Å². The molecule has 3 aliphatic rings. The lowest BCUT2D eigenvalue weighted by Crippen LogP contribution is -2.70. The number of halogens is 3. The zero-order valence-electron chi connectivity index (χ0n) is 48.0. The maximum atomic E-state index is 14.6. The molecular weight excluding hydrogens is 1210 g/mol. The summed E-state index contributed by atoms with van der Waals surface area (Å²) in [6.45, 7) is 5.01. The molecule has 88 heavy (non-hydrogen) atoms. The van der Waals surface area contributed by atoms with Gasteiger partial charge in [-0.05, 0) is 45.9 Å². The van der Waals surface area contributed by atoms with Gasteiger partial charge in [-0.15, -0.1) is 0 Å². The van der Waals surface area contributed by atoms with Crippen molar-refractivity contribution in [2.24, 2.45) is 0 Å². The molecule has 22 nitrogen and oxygen atoms in total. The monoisotopic (exact) mass is 1270 g/mol. The summed E-state index contributed by atoms with van der Waals surface area (Å²) < 4.78 is 70.4. The Morgan fingerprint density at radius 3 is 1.69 bits per heavy atom. The molecule has 25 heteroatoms. The zero-order chi connectivity index (χ0) is 62.7. The van der Waals surface area contributed by atoms with Crippen LogP contribution in [0.4, 0.5) is 14.4 Å². The molecule has 0 aromatic heterocycles. The van der Waals surface area contributed by atoms with Crippen LogP contribution in [-0.2, 0) is 95.8 Å². The molecule has 2 heterocycles. The van der Waals surface area contributed by atoms with Gasteiger partial charge >= 0.3 is 36.2 Å². The number of carbonyl (C=O) groups is 7. The van der Waals surface area contributed by atoms with Crippen LogP contribution in [0.1, 0.15) is 60.9 Å². The van der Waals surface area contributed by atoms with Crippen LogP contribution < -0.4 is 16.0 Å². The van der Waals surface area contributed by atoms with Gasteiger partial charge in [0.25, 0.3) is 0 Å². The third-order valence-corrected chi connectivity index (χ3v) is 14.4. The molecule has 468 valence electrons. The predicted molar refractivity (Wildman–Crippen MR) is 316 cm³/mol. The Labute approximate surface area is 522 Å². The molecule has 1 aliphatic carbocycles. The second kappa shape index (κ2) is 31.9. The summed E-state index contributed by atoms with van der Waals surface area (Å²) in [7, 11) is 0. The van der Waals surface area contributed by atoms with Crippen molar-refractivity contribution in [1.82, 2.24) is 16.0 Å². The second-order valence-electron chi connectivity index (χ2n) is 20.5. The summed E-state index contributed by atoms with van der Waals surface area (Å²) in [5.74, 6) is -3.94. The van der Waals surface area contributed by atoms with E-state index in [2.05, 4.69) is 22.5 Å².